The molecule has 1 saturated heterocycles. The van der Waals surface area contributed by atoms with Crippen LogP contribution in [0.15, 0.2) is 24.3 Å². The quantitative estimate of drug-likeness (QED) is 0.832. The highest BCUT2D eigenvalue weighted by Gasteiger charge is 2.35. The lowest BCUT2D eigenvalue weighted by atomic mass is 9.95. The topological polar surface area (TPSA) is 75.4 Å². The van der Waals surface area contributed by atoms with Crippen LogP contribution in [0.1, 0.15) is 39.5 Å². The van der Waals surface area contributed by atoms with Crippen molar-refractivity contribution >= 4 is 41.5 Å². The summed E-state index contributed by atoms with van der Waals surface area (Å²) in [5.41, 5.74) is 5.77. The maximum Gasteiger partial charge on any atom is 0.249 e. The van der Waals surface area contributed by atoms with Crippen LogP contribution in [-0.2, 0) is 9.59 Å². The van der Waals surface area contributed by atoms with E-state index in [1.807, 2.05) is 25.1 Å². The molecular formula is C17H25Cl2N3O2. The average molecular weight is 374 g/mol. The third-order valence-corrected chi connectivity index (χ3v) is 4.49. The summed E-state index contributed by atoms with van der Waals surface area (Å²) in [6, 6.07) is 6.69. The summed E-state index contributed by atoms with van der Waals surface area (Å²) in [5, 5.41) is 3.34. The van der Waals surface area contributed by atoms with E-state index in [-0.39, 0.29) is 24.2 Å². The van der Waals surface area contributed by atoms with Gasteiger partial charge in [0.15, 0.2) is 0 Å². The largest absolute Gasteiger partial charge is 0.343 e. The molecule has 2 rings (SSSR count). The number of benzene rings is 1. The Labute approximate surface area is 154 Å². The second-order valence-corrected chi connectivity index (χ2v) is 6.68. The van der Waals surface area contributed by atoms with Crippen molar-refractivity contribution in [1.29, 1.82) is 0 Å². The monoisotopic (exact) mass is 373 g/mol. The lowest BCUT2D eigenvalue weighted by Crippen LogP contribution is -2.59. The van der Waals surface area contributed by atoms with Crippen molar-refractivity contribution in [3.8, 4) is 0 Å². The first-order valence-corrected chi connectivity index (χ1v) is 8.40. The van der Waals surface area contributed by atoms with Crippen molar-refractivity contribution < 1.29 is 9.59 Å². The Morgan fingerprint density at radius 2 is 2.12 bits per heavy atom. The molecule has 0 bridgehead atoms. The molecule has 2 unspecified atom stereocenters. The Balaban J connectivity index is 0.00000288. The number of nitrogens with zero attached hydrogens (tertiary/aromatic N) is 1. The Bertz CT molecular complexity index is 593. The van der Waals surface area contributed by atoms with Crippen LogP contribution in [0.5, 0.6) is 0 Å². The molecule has 5 nitrogen and oxygen atoms in total. The van der Waals surface area contributed by atoms with Crippen LogP contribution in [0, 0.1) is 0 Å². The molecule has 0 aliphatic carbocycles. The number of para-hydroxylation sites is 1. The van der Waals surface area contributed by atoms with Gasteiger partial charge in [-0.05, 0) is 38.3 Å². The fourth-order valence-electron chi connectivity index (χ4n) is 2.87. The summed E-state index contributed by atoms with van der Waals surface area (Å²) in [7, 11) is 0. The third kappa shape index (κ3) is 4.62. The maximum atomic E-state index is 12.7. The van der Waals surface area contributed by atoms with Gasteiger partial charge in [-0.25, -0.2) is 0 Å². The van der Waals surface area contributed by atoms with E-state index in [1.165, 1.54) is 0 Å². The molecule has 1 heterocycles. The van der Waals surface area contributed by atoms with Crippen LogP contribution in [0.2, 0.25) is 5.02 Å². The first-order chi connectivity index (χ1) is 10.9. The van der Waals surface area contributed by atoms with Gasteiger partial charge in [-0.3, -0.25) is 9.59 Å². The zero-order valence-corrected chi connectivity index (χ0v) is 15.6. The van der Waals surface area contributed by atoms with Crippen molar-refractivity contribution in [2.45, 2.75) is 51.1 Å². The molecule has 3 N–H and O–H groups in total. The molecule has 1 aromatic rings. The smallest absolute Gasteiger partial charge is 0.249 e. The number of nitrogens with one attached hydrogen (secondary N) is 1. The van der Waals surface area contributed by atoms with E-state index >= 15 is 0 Å². The molecule has 1 aromatic carbocycles. The number of piperidine rings is 1. The zero-order valence-electron chi connectivity index (χ0n) is 14.0. The molecule has 1 aliphatic rings. The van der Waals surface area contributed by atoms with Crippen molar-refractivity contribution in [3.63, 3.8) is 0 Å². The van der Waals surface area contributed by atoms with E-state index < -0.39 is 11.6 Å². The number of rotatable bonds is 5. The van der Waals surface area contributed by atoms with Crippen molar-refractivity contribution in [1.82, 2.24) is 5.32 Å². The van der Waals surface area contributed by atoms with E-state index in [2.05, 4.69) is 5.32 Å². The first-order valence-electron chi connectivity index (χ1n) is 8.02. The fraction of sp³-hybridized carbons (Fsp3) is 0.529. The Morgan fingerprint density at radius 1 is 1.46 bits per heavy atom. The Hall–Kier alpha value is -1.30. The van der Waals surface area contributed by atoms with Gasteiger partial charge in [0.2, 0.25) is 11.8 Å². The number of nitrogens with two attached hydrogens (primary N) is 1. The van der Waals surface area contributed by atoms with Gasteiger partial charge in [0.25, 0.3) is 0 Å². The summed E-state index contributed by atoms with van der Waals surface area (Å²) in [6.07, 6.45) is 2.81. The number of carbonyl (C=O) groups is 2. The van der Waals surface area contributed by atoms with Crippen LogP contribution in [-0.4, -0.2) is 29.9 Å². The summed E-state index contributed by atoms with van der Waals surface area (Å²) in [4.78, 5) is 26.7. The van der Waals surface area contributed by atoms with Crippen LogP contribution < -0.4 is 16.0 Å². The van der Waals surface area contributed by atoms with E-state index in [4.69, 9.17) is 17.3 Å². The number of hydrogen-bond acceptors (Lipinski definition) is 3. The van der Waals surface area contributed by atoms with Gasteiger partial charge in [-0.2, -0.15) is 0 Å². The molecule has 1 fully saturated rings. The van der Waals surface area contributed by atoms with Crippen molar-refractivity contribution in [2.24, 2.45) is 5.73 Å². The van der Waals surface area contributed by atoms with Crippen LogP contribution in [0.25, 0.3) is 0 Å². The highest BCUT2D eigenvalue weighted by atomic mass is 35.5. The fourth-order valence-corrected chi connectivity index (χ4v) is 3.11. The summed E-state index contributed by atoms with van der Waals surface area (Å²) in [5.74, 6) is -0.413. The van der Waals surface area contributed by atoms with Gasteiger partial charge in [0.1, 0.15) is 6.04 Å². The molecular weight excluding hydrogens is 349 g/mol. The van der Waals surface area contributed by atoms with Crippen LogP contribution >= 0.6 is 24.0 Å². The minimum atomic E-state index is -0.957. The molecule has 1 aliphatic heterocycles. The maximum absolute atomic E-state index is 12.7. The Morgan fingerprint density at radius 3 is 2.75 bits per heavy atom. The molecule has 7 heteroatoms. The van der Waals surface area contributed by atoms with Crippen LogP contribution in [0.4, 0.5) is 5.69 Å². The van der Waals surface area contributed by atoms with Gasteiger partial charge in [0, 0.05) is 6.54 Å². The van der Waals surface area contributed by atoms with E-state index in [1.54, 1.807) is 17.9 Å². The molecule has 134 valence electrons. The van der Waals surface area contributed by atoms with Gasteiger partial charge in [-0.1, -0.05) is 37.1 Å². The normalized spacial score (nSPS) is 20.1. The van der Waals surface area contributed by atoms with Crippen molar-refractivity contribution in [2.75, 3.05) is 11.4 Å². The third-order valence-electron chi connectivity index (χ3n) is 4.18. The summed E-state index contributed by atoms with van der Waals surface area (Å²) < 4.78 is 0. The first kappa shape index (κ1) is 20.7. The molecule has 24 heavy (non-hydrogen) atoms. The molecule has 0 spiro atoms. The van der Waals surface area contributed by atoms with Crippen molar-refractivity contribution in [3.05, 3.63) is 29.3 Å². The zero-order chi connectivity index (χ0) is 17.0. The number of anilines is 1. The molecule has 2 atom stereocenters. The van der Waals surface area contributed by atoms with Gasteiger partial charge in [0.05, 0.1) is 16.2 Å². The predicted molar refractivity (Wildman–Crippen MR) is 99.7 cm³/mol. The number of hydrogen-bond donors (Lipinski definition) is 2. The molecule has 0 aromatic heterocycles. The Kier molecular flexibility index (Phi) is 7.52. The highest BCUT2D eigenvalue weighted by Crippen LogP contribution is 2.28. The van der Waals surface area contributed by atoms with E-state index in [0.29, 0.717) is 30.1 Å². The second kappa shape index (κ2) is 8.70. The van der Waals surface area contributed by atoms with Gasteiger partial charge >= 0.3 is 0 Å². The number of halogens is 2. The lowest BCUT2D eigenvalue weighted by Gasteiger charge is -2.34. The second-order valence-electron chi connectivity index (χ2n) is 6.28. The summed E-state index contributed by atoms with van der Waals surface area (Å²) >= 11 is 6.19. The standard InChI is InChI=1S/C17H24ClN3O2.ClH/c1-3-10-17(2,19)16(23)20-13-8-6-11-21(15(13)22)14-9-5-4-7-12(14)18;/h4-5,7,9,13H,3,6,8,10-11,19H2,1-2H3,(H,20,23);1H. The lowest BCUT2D eigenvalue weighted by molar-refractivity contribution is -0.131. The number of carbonyl (C=O) groups excluding carboxylic acids is 2. The molecule has 0 saturated carbocycles. The number of amides is 2. The van der Waals surface area contributed by atoms with Gasteiger partial charge in [-0.15, -0.1) is 12.4 Å². The average Bonchev–Trinajstić information content (AvgIpc) is 2.50. The minimum Gasteiger partial charge on any atom is -0.343 e. The highest BCUT2D eigenvalue weighted by molar-refractivity contribution is 6.33. The van der Waals surface area contributed by atoms with E-state index in [0.717, 1.165) is 12.8 Å². The summed E-state index contributed by atoms with van der Waals surface area (Å²) in [6.45, 7) is 4.28. The SMILES string of the molecule is CCCC(C)(N)C(=O)NC1CCCN(c2ccccc2Cl)C1=O.Cl. The van der Waals surface area contributed by atoms with Gasteiger partial charge < -0.3 is 16.0 Å². The predicted octanol–water partition coefficient (Wildman–Crippen LogP) is 2.89. The van der Waals surface area contributed by atoms with Crippen LogP contribution in [0.3, 0.4) is 0 Å². The minimum absolute atomic E-state index is 0. The molecule has 2 amide bonds. The molecule has 0 radical (unpaired) electrons. The van der Waals surface area contributed by atoms with E-state index in [9.17, 15) is 9.59 Å².